The molecule has 0 saturated carbocycles. The predicted octanol–water partition coefficient (Wildman–Crippen LogP) is 3.99. The van der Waals surface area contributed by atoms with E-state index in [9.17, 15) is 14.0 Å². The van der Waals surface area contributed by atoms with Crippen LogP contribution in [0.1, 0.15) is 36.4 Å². The highest BCUT2D eigenvalue weighted by Crippen LogP contribution is 2.36. The summed E-state index contributed by atoms with van der Waals surface area (Å²) in [5, 5.41) is 5.81. The lowest BCUT2D eigenvalue weighted by Gasteiger charge is -2.26. The van der Waals surface area contributed by atoms with Crippen LogP contribution in [0.15, 0.2) is 47.4 Å². The average molecular weight is 399 g/mol. The van der Waals surface area contributed by atoms with Crippen LogP contribution in [0.5, 0.6) is 0 Å². The molecule has 1 unspecified atom stereocenters. The van der Waals surface area contributed by atoms with Gasteiger partial charge in [0.25, 0.3) is 0 Å². The molecule has 4 rings (SSSR count). The number of thioether (sulfide) groups is 1. The van der Waals surface area contributed by atoms with Crippen LogP contribution in [0.4, 0.5) is 14.9 Å². The van der Waals surface area contributed by atoms with Crippen molar-refractivity contribution in [2.45, 2.75) is 36.7 Å². The van der Waals surface area contributed by atoms with E-state index in [4.69, 9.17) is 0 Å². The number of carbonyl (C=O) groups excluding carboxylic acids is 2. The summed E-state index contributed by atoms with van der Waals surface area (Å²) < 4.78 is 13.6. The number of nitrogens with zero attached hydrogens (tertiary/aromatic N) is 1. The van der Waals surface area contributed by atoms with Gasteiger partial charge in [0.1, 0.15) is 5.82 Å². The number of hydrogen-bond donors (Lipinski definition) is 2. The molecule has 2 aromatic rings. The van der Waals surface area contributed by atoms with Gasteiger partial charge >= 0.3 is 6.03 Å². The van der Waals surface area contributed by atoms with E-state index < -0.39 is 0 Å². The number of nitrogens with one attached hydrogen (secondary N) is 2. The maximum absolute atomic E-state index is 13.6. The number of benzene rings is 2. The monoisotopic (exact) mass is 399 g/mol. The fraction of sp³-hybridized carbons (Fsp3) is 0.333. The van der Waals surface area contributed by atoms with Gasteiger partial charge in [0.15, 0.2) is 0 Å². The summed E-state index contributed by atoms with van der Waals surface area (Å²) in [6.45, 7) is 1.15. The molecule has 28 heavy (non-hydrogen) atoms. The highest BCUT2D eigenvalue weighted by Gasteiger charge is 2.23. The minimum atomic E-state index is -0.287. The topological polar surface area (TPSA) is 61.4 Å². The van der Waals surface area contributed by atoms with Crippen molar-refractivity contribution in [3.63, 3.8) is 0 Å². The summed E-state index contributed by atoms with van der Waals surface area (Å²) in [6, 6.07) is 11.9. The van der Waals surface area contributed by atoms with Gasteiger partial charge < -0.3 is 15.5 Å². The molecular formula is C21H22FN3O2S. The molecule has 0 bridgehead atoms. The Morgan fingerprint density at radius 3 is 2.79 bits per heavy atom. The van der Waals surface area contributed by atoms with Gasteiger partial charge in [-0.25, -0.2) is 9.18 Å². The quantitative estimate of drug-likeness (QED) is 0.817. The number of halogens is 1. The first-order valence-electron chi connectivity index (χ1n) is 9.46. The zero-order valence-corrected chi connectivity index (χ0v) is 16.2. The fourth-order valence-corrected chi connectivity index (χ4v) is 4.73. The first kappa shape index (κ1) is 18.8. The van der Waals surface area contributed by atoms with Gasteiger partial charge in [-0.1, -0.05) is 12.1 Å². The van der Waals surface area contributed by atoms with E-state index in [-0.39, 0.29) is 23.8 Å². The molecule has 1 fully saturated rings. The molecule has 0 aliphatic carbocycles. The van der Waals surface area contributed by atoms with Crippen LogP contribution in [-0.2, 0) is 11.3 Å². The SMILES string of the molecule is O=C(NCc1ccc(N2CCCC2=O)cc1)NC1CCSc2ccc(F)cc21. The van der Waals surface area contributed by atoms with Gasteiger partial charge in [-0.05, 0) is 54.3 Å². The summed E-state index contributed by atoms with van der Waals surface area (Å²) in [4.78, 5) is 26.9. The predicted molar refractivity (Wildman–Crippen MR) is 108 cm³/mol. The minimum absolute atomic E-state index is 0.160. The summed E-state index contributed by atoms with van der Waals surface area (Å²) in [7, 11) is 0. The van der Waals surface area contributed by atoms with Crippen LogP contribution in [0.2, 0.25) is 0 Å². The molecule has 7 heteroatoms. The van der Waals surface area contributed by atoms with Crippen LogP contribution in [0.25, 0.3) is 0 Å². The number of amides is 3. The van der Waals surface area contributed by atoms with E-state index in [1.54, 1.807) is 22.7 Å². The van der Waals surface area contributed by atoms with E-state index in [0.29, 0.717) is 13.0 Å². The number of urea groups is 1. The van der Waals surface area contributed by atoms with Crippen LogP contribution in [0, 0.1) is 5.82 Å². The molecule has 146 valence electrons. The van der Waals surface area contributed by atoms with Crippen molar-refractivity contribution >= 4 is 29.4 Å². The summed E-state index contributed by atoms with van der Waals surface area (Å²) >= 11 is 1.68. The molecule has 2 N–H and O–H groups in total. The first-order valence-corrected chi connectivity index (χ1v) is 10.4. The summed E-state index contributed by atoms with van der Waals surface area (Å²) in [6.07, 6.45) is 2.28. The maximum Gasteiger partial charge on any atom is 0.315 e. The molecule has 0 radical (unpaired) electrons. The molecule has 1 saturated heterocycles. The Bertz CT molecular complexity index is 888. The first-order chi connectivity index (χ1) is 13.6. The van der Waals surface area contributed by atoms with E-state index in [2.05, 4.69) is 10.6 Å². The van der Waals surface area contributed by atoms with Gasteiger partial charge in [-0.3, -0.25) is 4.79 Å². The van der Waals surface area contributed by atoms with Crippen molar-refractivity contribution in [1.82, 2.24) is 10.6 Å². The van der Waals surface area contributed by atoms with Crippen molar-refractivity contribution < 1.29 is 14.0 Å². The molecule has 2 aliphatic heterocycles. The Morgan fingerprint density at radius 1 is 1.21 bits per heavy atom. The molecule has 2 aliphatic rings. The Morgan fingerprint density at radius 2 is 2.04 bits per heavy atom. The second-order valence-electron chi connectivity index (χ2n) is 7.01. The van der Waals surface area contributed by atoms with E-state index in [1.165, 1.54) is 12.1 Å². The second-order valence-corrected chi connectivity index (χ2v) is 8.15. The van der Waals surface area contributed by atoms with E-state index in [1.807, 2.05) is 24.3 Å². The lowest BCUT2D eigenvalue weighted by molar-refractivity contribution is -0.117. The molecule has 2 heterocycles. The number of rotatable bonds is 4. The lowest BCUT2D eigenvalue weighted by Crippen LogP contribution is -2.38. The minimum Gasteiger partial charge on any atom is -0.334 e. The zero-order chi connectivity index (χ0) is 19.5. The Balaban J connectivity index is 1.33. The fourth-order valence-electron chi connectivity index (χ4n) is 3.62. The third-order valence-corrected chi connectivity index (χ3v) is 6.21. The largest absolute Gasteiger partial charge is 0.334 e. The molecule has 2 aromatic carbocycles. The van der Waals surface area contributed by atoms with Gasteiger partial charge in [0, 0.05) is 35.8 Å². The molecule has 5 nitrogen and oxygen atoms in total. The van der Waals surface area contributed by atoms with Crippen molar-refractivity contribution in [3.05, 3.63) is 59.4 Å². The van der Waals surface area contributed by atoms with Crippen molar-refractivity contribution in [3.8, 4) is 0 Å². The van der Waals surface area contributed by atoms with Gasteiger partial charge in [0.2, 0.25) is 5.91 Å². The van der Waals surface area contributed by atoms with Crippen LogP contribution >= 0.6 is 11.8 Å². The van der Waals surface area contributed by atoms with Crippen molar-refractivity contribution in [2.24, 2.45) is 0 Å². The number of anilines is 1. The molecule has 3 amide bonds. The maximum atomic E-state index is 13.6. The number of hydrogen-bond acceptors (Lipinski definition) is 3. The zero-order valence-electron chi connectivity index (χ0n) is 15.4. The van der Waals surface area contributed by atoms with E-state index in [0.717, 1.165) is 46.8 Å². The van der Waals surface area contributed by atoms with Crippen LogP contribution < -0.4 is 15.5 Å². The number of fused-ring (bicyclic) bond motifs is 1. The highest BCUT2D eigenvalue weighted by atomic mass is 32.2. The normalized spacial score (nSPS) is 18.7. The van der Waals surface area contributed by atoms with Gasteiger partial charge in [0.05, 0.1) is 6.04 Å². The molecule has 0 spiro atoms. The van der Waals surface area contributed by atoms with Gasteiger partial charge in [-0.15, -0.1) is 11.8 Å². The second kappa shape index (κ2) is 8.22. The molecule has 0 aromatic heterocycles. The highest BCUT2D eigenvalue weighted by molar-refractivity contribution is 7.99. The Hall–Kier alpha value is -2.54. The van der Waals surface area contributed by atoms with Crippen LogP contribution in [-0.4, -0.2) is 24.2 Å². The standard InChI is InChI=1S/C21H22FN3O2S/c22-15-5-8-19-17(12-15)18(9-11-28-19)24-21(27)23-13-14-3-6-16(7-4-14)25-10-1-2-20(25)26/h3-8,12,18H,1-2,9-11,13H2,(H2,23,24,27). The van der Waals surface area contributed by atoms with Crippen LogP contribution in [0.3, 0.4) is 0 Å². The molecular weight excluding hydrogens is 377 g/mol. The van der Waals surface area contributed by atoms with E-state index >= 15 is 0 Å². The Kier molecular flexibility index (Phi) is 5.52. The smallest absolute Gasteiger partial charge is 0.315 e. The third-order valence-electron chi connectivity index (χ3n) is 5.09. The average Bonchev–Trinajstić information content (AvgIpc) is 3.13. The summed E-state index contributed by atoms with van der Waals surface area (Å²) in [5.41, 5.74) is 2.69. The summed E-state index contributed by atoms with van der Waals surface area (Å²) in [5.74, 6) is 0.762. The lowest BCUT2D eigenvalue weighted by atomic mass is 10.0. The van der Waals surface area contributed by atoms with Crippen molar-refractivity contribution in [1.29, 1.82) is 0 Å². The van der Waals surface area contributed by atoms with Gasteiger partial charge in [-0.2, -0.15) is 0 Å². The number of carbonyl (C=O) groups is 2. The van der Waals surface area contributed by atoms with Crippen molar-refractivity contribution in [2.75, 3.05) is 17.2 Å². The molecule has 1 atom stereocenters. The Labute approximate surface area is 167 Å². The third kappa shape index (κ3) is 4.14.